The fourth-order valence-electron chi connectivity index (χ4n) is 4.89. The fraction of sp³-hybridized carbons (Fsp3) is 0.750. The minimum atomic E-state index is -0.826. The lowest BCUT2D eigenvalue weighted by molar-refractivity contribution is -0.151. The van der Waals surface area contributed by atoms with Crippen LogP contribution in [0.25, 0.3) is 0 Å². The average Bonchev–Trinajstić information content (AvgIpc) is 3.01. The van der Waals surface area contributed by atoms with Gasteiger partial charge in [0.05, 0.1) is 13.2 Å². The number of alkyl carbamates (subject to hydrolysis) is 1. The Morgan fingerprint density at radius 3 is 1.70 bits per heavy atom. The van der Waals surface area contributed by atoms with E-state index in [4.69, 9.17) is 14.2 Å². The van der Waals surface area contributed by atoms with Gasteiger partial charge in [-0.05, 0) is 24.3 Å². The molecule has 0 fully saturated rings. The summed E-state index contributed by atoms with van der Waals surface area (Å²) in [6.45, 7) is 8.38. The minimum absolute atomic E-state index is 0.0909. The summed E-state index contributed by atoms with van der Waals surface area (Å²) in [6, 6.07) is 8.52. The zero-order valence-corrected chi connectivity index (χ0v) is 27.7. The van der Waals surface area contributed by atoms with Crippen LogP contribution in [-0.4, -0.2) is 37.3 Å². The molecule has 0 aliphatic rings. The number of hydrogen-bond acceptors (Lipinski definition) is 6. The van der Waals surface area contributed by atoms with E-state index in [1.807, 2.05) is 51.1 Å². The van der Waals surface area contributed by atoms with Crippen molar-refractivity contribution in [1.82, 2.24) is 5.32 Å². The molecule has 0 aliphatic carbocycles. The maximum absolute atomic E-state index is 12.7. The molecule has 7 heteroatoms. The van der Waals surface area contributed by atoms with Crippen molar-refractivity contribution in [1.29, 1.82) is 0 Å². The summed E-state index contributed by atoms with van der Waals surface area (Å²) in [5, 5.41) is 2.62. The average molecular weight is 604 g/mol. The first-order valence-corrected chi connectivity index (χ1v) is 17.2. The van der Waals surface area contributed by atoms with Crippen LogP contribution in [0.5, 0.6) is 0 Å². The lowest BCUT2D eigenvalue weighted by atomic mass is 10.0. The van der Waals surface area contributed by atoms with Gasteiger partial charge >= 0.3 is 18.0 Å². The molecule has 1 N–H and O–H groups in total. The van der Waals surface area contributed by atoms with Crippen LogP contribution < -0.4 is 5.32 Å². The molecule has 2 atom stereocenters. The van der Waals surface area contributed by atoms with Gasteiger partial charge < -0.3 is 19.5 Å². The van der Waals surface area contributed by atoms with Crippen molar-refractivity contribution >= 4 is 18.0 Å². The molecule has 0 heterocycles. The van der Waals surface area contributed by atoms with Crippen LogP contribution in [0, 0.1) is 11.8 Å². The Hall–Kier alpha value is -2.57. The molecule has 7 nitrogen and oxygen atoms in total. The first-order valence-electron chi connectivity index (χ1n) is 17.2. The normalized spacial score (nSPS) is 12.5. The van der Waals surface area contributed by atoms with Crippen molar-refractivity contribution in [3.63, 3.8) is 0 Å². The second kappa shape index (κ2) is 25.9. The second-order valence-corrected chi connectivity index (χ2v) is 12.2. The van der Waals surface area contributed by atoms with E-state index in [0.717, 1.165) is 18.4 Å². The Morgan fingerprint density at radius 2 is 1.19 bits per heavy atom. The molecule has 0 radical (unpaired) electrons. The van der Waals surface area contributed by atoms with Gasteiger partial charge in [0.1, 0.15) is 12.6 Å². The number of hydrogen-bond donors (Lipinski definition) is 1. The molecule has 1 rings (SSSR count). The summed E-state index contributed by atoms with van der Waals surface area (Å²) in [6.07, 6.45) is 19.8. The van der Waals surface area contributed by atoms with Gasteiger partial charge in [-0.3, -0.25) is 4.79 Å². The number of nitrogens with one attached hydrogen (secondary N) is 1. The van der Waals surface area contributed by atoms with Crippen LogP contribution in [0.1, 0.15) is 142 Å². The van der Waals surface area contributed by atoms with Gasteiger partial charge in [-0.25, -0.2) is 9.59 Å². The van der Waals surface area contributed by atoms with Crippen LogP contribution in [0.4, 0.5) is 4.79 Å². The number of carbonyl (C=O) groups is 3. The first-order chi connectivity index (χ1) is 20.9. The molecule has 0 saturated carbocycles. The van der Waals surface area contributed by atoms with E-state index in [-0.39, 0.29) is 37.6 Å². The zero-order valence-electron chi connectivity index (χ0n) is 27.7. The standard InChI is InChI=1S/C36H61NO6/c1-5-7-8-9-10-11-12-13-14-15-16-17-18-19-23-26-33(38)41-27-31(6-2)28-42-35(39)34(30(3)4)37-36(40)43-29-32-24-21-20-22-25-32/h20-22,24-25,30-31,34H,5-19,23,26-29H2,1-4H3,(H,37,40)/t31?,34-/m0/s1. The van der Waals surface area contributed by atoms with Crippen molar-refractivity contribution in [2.75, 3.05) is 13.2 Å². The summed E-state index contributed by atoms with van der Waals surface area (Å²) in [5.74, 6) is -0.979. The number of benzene rings is 1. The Kier molecular flexibility index (Phi) is 23.1. The topological polar surface area (TPSA) is 90.9 Å². The molecule has 0 saturated heterocycles. The Balaban J connectivity index is 2.11. The van der Waals surface area contributed by atoms with Gasteiger partial charge in [0.15, 0.2) is 0 Å². The third-order valence-electron chi connectivity index (χ3n) is 7.91. The molecule has 0 aromatic heterocycles. The van der Waals surface area contributed by atoms with Gasteiger partial charge in [0.2, 0.25) is 0 Å². The third kappa shape index (κ3) is 20.9. The summed E-state index contributed by atoms with van der Waals surface area (Å²) in [7, 11) is 0. The monoisotopic (exact) mass is 603 g/mol. The molecule has 0 spiro atoms. The summed E-state index contributed by atoms with van der Waals surface area (Å²) in [4.78, 5) is 37.2. The van der Waals surface area contributed by atoms with Crippen LogP contribution >= 0.6 is 0 Å². The van der Waals surface area contributed by atoms with Gasteiger partial charge in [-0.15, -0.1) is 0 Å². The van der Waals surface area contributed by atoms with Crippen LogP contribution in [-0.2, 0) is 30.4 Å². The summed E-state index contributed by atoms with van der Waals surface area (Å²) < 4.78 is 16.2. The Labute approximate surface area is 262 Å². The number of rotatable bonds is 26. The van der Waals surface area contributed by atoms with E-state index in [9.17, 15) is 14.4 Å². The quantitative estimate of drug-likeness (QED) is 0.0644. The second-order valence-electron chi connectivity index (χ2n) is 12.2. The van der Waals surface area contributed by atoms with Gasteiger partial charge in [-0.1, -0.05) is 148 Å². The fourth-order valence-corrected chi connectivity index (χ4v) is 4.89. The minimum Gasteiger partial charge on any atom is -0.465 e. The molecule has 0 aliphatic heterocycles. The molecular weight excluding hydrogens is 542 g/mol. The Bertz CT molecular complexity index is 843. The maximum atomic E-state index is 12.7. The lowest BCUT2D eigenvalue weighted by Gasteiger charge is -2.22. The van der Waals surface area contributed by atoms with E-state index in [1.165, 1.54) is 83.5 Å². The third-order valence-corrected chi connectivity index (χ3v) is 7.91. The molecular formula is C36H61NO6. The van der Waals surface area contributed by atoms with Crippen molar-refractivity contribution in [2.45, 2.75) is 149 Å². The van der Waals surface area contributed by atoms with E-state index < -0.39 is 18.1 Å². The number of carbonyl (C=O) groups excluding carboxylic acids is 3. The molecule has 0 bridgehead atoms. The molecule has 1 amide bonds. The van der Waals surface area contributed by atoms with Crippen molar-refractivity contribution in [3.8, 4) is 0 Å². The van der Waals surface area contributed by atoms with E-state index >= 15 is 0 Å². The van der Waals surface area contributed by atoms with Crippen molar-refractivity contribution in [2.24, 2.45) is 11.8 Å². The van der Waals surface area contributed by atoms with Crippen LogP contribution in [0.15, 0.2) is 30.3 Å². The molecule has 246 valence electrons. The summed E-state index contributed by atoms with van der Waals surface area (Å²) >= 11 is 0. The highest BCUT2D eigenvalue weighted by Crippen LogP contribution is 2.15. The first kappa shape index (κ1) is 38.5. The van der Waals surface area contributed by atoms with E-state index in [2.05, 4.69) is 12.2 Å². The highest BCUT2D eigenvalue weighted by atomic mass is 16.6. The number of esters is 2. The van der Waals surface area contributed by atoms with E-state index in [0.29, 0.717) is 12.8 Å². The smallest absolute Gasteiger partial charge is 0.408 e. The molecule has 1 unspecified atom stereocenters. The van der Waals surface area contributed by atoms with Crippen molar-refractivity contribution in [3.05, 3.63) is 35.9 Å². The van der Waals surface area contributed by atoms with E-state index in [1.54, 1.807) is 0 Å². The number of ether oxygens (including phenoxy) is 3. The summed E-state index contributed by atoms with van der Waals surface area (Å²) in [5.41, 5.74) is 0.862. The predicted octanol–water partition coefficient (Wildman–Crippen LogP) is 9.31. The van der Waals surface area contributed by atoms with Crippen molar-refractivity contribution < 1.29 is 28.6 Å². The molecule has 1 aromatic carbocycles. The largest absolute Gasteiger partial charge is 0.465 e. The predicted molar refractivity (Wildman–Crippen MR) is 174 cm³/mol. The zero-order chi connectivity index (χ0) is 31.5. The molecule has 43 heavy (non-hydrogen) atoms. The molecule has 1 aromatic rings. The number of amides is 1. The van der Waals surface area contributed by atoms with Crippen LogP contribution in [0.3, 0.4) is 0 Å². The lowest BCUT2D eigenvalue weighted by Crippen LogP contribution is -2.46. The van der Waals surface area contributed by atoms with Gasteiger partial charge in [-0.2, -0.15) is 0 Å². The van der Waals surface area contributed by atoms with Crippen LogP contribution in [0.2, 0.25) is 0 Å². The highest BCUT2D eigenvalue weighted by Gasteiger charge is 2.27. The number of unbranched alkanes of at least 4 members (excludes halogenated alkanes) is 14. The highest BCUT2D eigenvalue weighted by molar-refractivity contribution is 5.81. The maximum Gasteiger partial charge on any atom is 0.408 e. The van der Waals surface area contributed by atoms with Gasteiger partial charge in [0.25, 0.3) is 0 Å². The van der Waals surface area contributed by atoms with Gasteiger partial charge in [0, 0.05) is 12.3 Å². The Morgan fingerprint density at radius 1 is 0.674 bits per heavy atom. The SMILES string of the molecule is CCCCCCCCCCCCCCCCCC(=O)OCC(CC)COC(=O)[C@@H](NC(=O)OCc1ccccc1)C(C)C.